The molecule has 138 valence electrons. The van der Waals surface area contributed by atoms with Crippen molar-refractivity contribution in [2.24, 2.45) is 0 Å². The van der Waals surface area contributed by atoms with Gasteiger partial charge in [-0.1, -0.05) is 12.1 Å². The van der Waals surface area contributed by atoms with E-state index >= 15 is 0 Å². The van der Waals surface area contributed by atoms with Crippen LogP contribution in [-0.2, 0) is 11.3 Å². The first kappa shape index (κ1) is 18.0. The zero-order chi connectivity index (χ0) is 19.2. The van der Waals surface area contributed by atoms with Gasteiger partial charge in [-0.3, -0.25) is 4.79 Å². The number of carbonyl (C=O) groups excluding carboxylic acids is 2. The molecular weight excluding hydrogens is 355 g/mol. The molecule has 2 aromatic carbocycles. The van der Waals surface area contributed by atoms with E-state index in [0.717, 1.165) is 0 Å². The number of aromatic nitrogens is 4. The Bertz CT molecular complexity index is 957. The maximum atomic E-state index is 13.0. The Morgan fingerprint density at radius 3 is 2.63 bits per heavy atom. The minimum absolute atomic E-state index is 0.0198. The van der Waals surface area contributed by atoms with Gasteiger partial charge in [0.2, 0.25) is 0 Å². The Hall–Kier alpha value is -3.82. The highest BCUT2D eigenvalue weighted by Crippen LogP contribution is 2.23. The maximum absolute atomic E-state index is 13.0. The van der Waals surface area contributed by atoms with Crippen molar-refractivity contribution in [2.75, 3.05) is 5.32 Å². The fourth-order valence-electron chi connectivity index (χ4n) is 2.24. The molecule has 0 aliphatic heterocycles. The molecule has 1 heterocycles. The lowest BCUT2D eigenvalue weighted by Gasteiger charge is -2.11. The average molecular weight is 370 g/mol. The molecular formula is C17H15FN6O3. The minimum Gasteiger partial charge on any atom is -0.424 e. The summed E-state index contributed by atoms with van der Waals surface area (Å²) in [6.07, 6.45) is 0. The summed E-state index contributed by atoms with van der Waals surface area (Å²) >= 11 is 0. The molecule has 3 rings (SSSR count). The monoisotopic (exact) mass is 370 g/mol. The van der Waals surface area contributed by atoms with Crippen LogP contribution in [0.25, 0.3) is 5.69 Å². The number of para-hydroxylation sites is 2. The van der Waals surface area contributed by atoms with Gasteiger partial charge in [-0.25, -0.2) is 9.18 Å². The number of ether oxygens (including phenoxy) is 1. The number of anilines is 1. The lowest BCUT2D eigenvalue weighted by molar-refractivity contribution is -0.131. The van der Waals surface area contributed by atoms with Crippen LogP contribution in [0.2, 0.25) is 0 Å². The third kappa shape index (κ3) is 4.63. The van der Waals surface area contributed by atoms with E-state index < -0.39 is 12.0 Å². The van der Waals surface area contributed by atoms with Gasteiger partial charge in [0.25, 0.3) is 0 Å². The van der Waals surface area contributed by atoms with Crippen molar-refractivity contribution in [1.29, 1.82) is 0 Å². The van der Waals surface area contributed by atoms with Gasteiger partial charge in [-0.2, -0.15) is 4.68 Å². The standard InChI is InChI=1S/C17H15FN6O3/c1-11(25)27-15-5-3-2-4-14(15)20-17(26)19-10-16-21-22-23-24(16)13-8-6-12(18)7-9-13/h2-9H,10H2,1H3,(H2,19,20,26). The summed E-state index contributed by atoms with van der Waals surface area (Å²) < 4.78 is 19.5. The second kappa shape index (κ2) is 8.04. The first-order valence-electron chi connectivity index (χ1n) is 7.88. The topological polar surface area (TPSA) is 111 Å². The van der Waals surface area contributed by atoms with Crippen LogP contribution in [0.4, 0.5) is 14.9 Å². The summed E-state index contributed by atoms with van der Waals surface area (Å²) in [7, 11) is 0. The van der Waals surface area contributed by atoms with Crippen molar-refractivity contribution in [1.82, 2.24) is 25.5 Å². The van der Waals surface area contributed by atoms with E-state index in [4.69, 9.17) is 4.74 Å². The van der Waals surface area contributed by atoms with Crippen molar-refractivity contribution in [3.05, 3.63) is 60.2 Å². The van der Waals surface area contributed by atoms with E-state index in [1.54, 1.807) is 24.3 Å². The highest BCUT2D eigenvalue weighted by molar-refractivity contribution is 5.91. The van der Waals surface area contributed by atoms with E-state index in [0.29, 0.717) is 17.2 Å². The van der Waals surface area contributed by atoms with Crippen LogP contribution in [0.3, 0.4) is 0 Å². The van der Waals surface area contributed by atoms with E-state index in [1.807, 2.05) is 0 Å². The number of halogens is 1. The van der Waals surface area contributed by atoms with Crippen molar-refractivity contribution < 1.29 is 18.7 Å². The van der Waals surface area contributed by atoms with Crippen LogP contribution < -0.4 is 15.4 Å². The van der Waals surface area contributed by atoms with Crippen molar-refractivity contribution >= 4 is 17.7 Å². The van der Waals surface area contributed by atoms with Crippen molar-refractivity contribution in [3.63, 3.8) is 0 Å². The van der Waals surface area contributed by atoms with Gasteiger partial charge in [0, 0.05) is 6.92 Å². The maximum Gasteiger partial charge on any atom is 0.319 e. The fourth-order valence-corrected chi connectivity index (χ4v) is 2.24. The van der Waals surface area contributed by atoms with Gasteiger partial charge < -0.3 is 15.4 Å². The number of hydrogen-bond donors (Lipinski definition) is 2. The molecule has 0 saturated heterocycles. The SMILES string of the molecule is CC(=O)Oc1ccccc1NC(=O)NCc1nnnn1-c1ccc(F)cc1. The largest absolute Gasteiger partial charge is 0.424 e. The molecule has 27 heavy (non-hydrogen) atoms. The number of rotatable bonds is 5. The zero-order valence-electron chi connectivity index (χ0n) is 14.2. The summed E-state index contributed by atoms with van der Waals surface area (Å²) in [4.78, 5) is 23.3. The van der Waals surface area contributed by atoms with Gasteiger partial charge in [-0.05, 0) is 46.8 Å². The number of nitrogens with zero attached hydrogens (tertiary/aromatic N) is 4. The van der Waals surface area contributed by atoms with E-state index in [1.165, 1.54) is 35.9 Å². The first-order chi connectivity index (χ1) is 13.0. The summed E-state index contributed by atoms with van der Waals surface area (Å²) in [5, 5.41) is 16.4. The zero-order valence-corrected chi connectivity index (χ0v) is 14.2. The first-order valence-corrected chi connectivity index (χ1v) is 7.88. The van der Waals surface area contributed by atoms with E-state index in [9.17, 15) is 14.0 Å². The Kier molecular flexibility index (Phi) is 5.36. The normalized spacial score (nSPS) is 10.3. The van der Waals surface area contributed by atoms with E-state index in [-0.39, 0.29) is 18.1 Å². The second-order valence-corrected chi connectivity index (χ2v) is 5.38. The van der Waals surface area contributed by atoms with Crippen LogP contribution in [0.1, 0.15) is 12.7 Å². The van der Waals surface area contributed by atoms with Crippen LogP contribution >= 0.6 is 0 Å². The smallest absolute Gasteiger partial charge is 0.319 e. The van der Waals surface area contributed by atoms with Crippen molar-refractivity contribution in [3.8, 4) is 11.4 Å². The molecule has 9 nitrogen and oxygen atoms in total. The number of carbonyl (C=O) groups is 2. The molecule has 0 aliphatic rings. The van der Waals surface area contributed by atoms with Crippen LogP contribution in [0.5, 0.6) is 5.75 Å². The van der Waals surface area contributed by atoms with Crippen molar-refractivity contribution in [2.45, 2.75) is 13.5 Å². The number of hydrogen-bond acceptors (Lipinski definition) is 6. The van der Waals surface area contributed by atoms with Gasteiger partial charge in [0.1, 0.15) is 5.82 Å². The van der Waals surface area contributed by atoms with Gasteiger partial charge in [0.05, 0.1) is 17.9 Å². The van der Waals surface area contributed by atoms with Gasteiger partial charge in [-0.15, -0.1) is 5.10 Å². The third-order valence-electron chi connectivity index (χ3n) is 3.40. The molecule has 0 atom stereocenters. The number of urea groups is 1. The molecule has 0 bridgehead atoms. The average Bonchev–Trinajstić information content (AvgIpc) is 3.10. The number of esters is 1. The predicted molar refractivity (Wildman–Crippen MR) is 92.7 cm³/mol. The molecule has 0 spiro atoms. The van der Waals surface area contributed by atoms with Crippen LogP contribution in [-0.4, -0.2) is 32.2 Å². The number of benzene rings is 2. The number of tetrazole rings is 1. The lowest BCUT2D eigenvalue weighted by Crippen LogP contribution is -2.29. The highest BCUT2D eigenvalue weighted by atomic mass is 19.1. The van der Waals surface area contributed by atoms with Crippen LogP contribution in [0, 0.1) is 5.82 Å². The van der Waals surface area contributed by atoms with Crippen LogP contribution in [0.15, 0.2) is 48.5 Å². The quantitative estimate of drug-likeness (QED) is 0.525. The summed E-state index contributed by atoms with van der Waals surface area (Å²) in [6, 6.07) is 11.6. The Morgan fingerprint density at radius 2 is 1.89 bits per heavy atom. The summed E-state index contributed by atoms with van der Waals surface area (Å²) in [5.74, 6) is -0.290. The Morgan fingerprint density at radius 1 is 1.15 bits per heavy atom. The second-order valence-electron chi connectivity index (χ2n) is 5.38. The molecule has 10 heteroatoms. The molecule has 0 radical (unpaired) electrons. The lowest BCUT2D eigenvalue weighted by atomic mass is 10.3. The molecule has 0 fully saturated rings. The van der Waals surface area contributed by atoms with Gasteiger partial charge >= 0.3 is 12.0 Å². The Labute approximate surface area is 153 Å². The minimum atomic E-state index is -0.539. The molecule has 0 aliphatic carbocycles. The fraction of sp³-hybridized carbons (Fsp3) is 0.118. The highest BCUT2D eigenvalue weighted by Gasteiger charge is 2.12. The third-order valence-corrected chi connectivity index (χ3v) is 3.40. The van der Waals surface area contributed by atoms with Gasteiger partial charge in [0.15, 0.2) is 11.6 Å². The number of amides is 2. The predicted octanol–water partition coefficient (Wildman–Crippen LogP) is 2.05. The summed E-state index contributed by atoms with van der Waals surface area (Å²) in [5.41, 5.74) is 0.891. The molecule has 0 unspecified atom stereocenters. The summed E-state index contributed by atoms with van der Waals surface area (Å²) in [6.45, 7) is 1.29. The molecule has 1 aromatic heterocycles. The molecule has 2 N–H and O–H groups in total. The molecule has 3 aromatic rings. The van der Waals surface area contributed by atoms with E-state index in [2.05, 4.69) is 26.2 Å². The molecule has 0 saturated carbocycles. The number of nitrogens with one attached hydrogen (secondary N) is 2. The molecule has 2 amide bonds. The Balaban J connectivity index is 1.65.